The molecule has 12 heavy (non-hydrogen) atoms. The minimum Gasteiger partial charge on any atom is -0.298 e. The van der Waals surface area contributed by atoms with Crippen LogP contribution in [0.2, 0.25) is 0 Å². The molecule has 0 unspecified atom stereocenters. The summed E-state index contributed by atoms with van der Waals surface area (Å²) in [6, 6.07) is 7.79. The van der Waals surface area contributed by atoms with Crippen LogP contribution in [0.5, 0.6) is 0 Å². The van der Waals surface area contributed by atoms with Crippen LogP contribution >= 0.6 is 22.6 Å². The van der Waals surface area contributed by atoms with Gasteiger partial charge in [-0.15, -0.1) is 0 Å². The van der Waals surface area contributed by atoms with Gasteiger partial charge >= 0.3 is 0 Å². The first-order valence-corrected chi connectivity index (χ1v) is 5.49. The molecule has 1 nitrogen and oxygen atoms in total. The molecule has 1 aromatic carbocycles. The fraction of sp³-hybridized carbons (Fsp3) is 0.300. The summed E-state index contributed by atoms with van der Waals surface area (Å²) < 4.78 is 1.19. The van der Waals surface area contributed by atoms with E-state index in [1.807, 2.05) is 24.3 Å². The van der Waals surface area contributed by atoms with E-state index in [-0.39, 0.29) is 0 Å². The summed E-state index contributed by atoms with van der Waals surface area (Å²) >= 11 is 2.37. The van der Waals surface area contributed by atoms with E-state index in [2.05, 4.69) is 22.6 Å². The summed E-state index contributed by atoms with van der Waals surface area (Å²) in [5.41, 5.74) is 2.07. The van der Waals surface area contributed by atoms with Crippen LogP contribution < -0.4 is 0 Å². The van der Waals surface area contributed by atoms with E-state index in [0.29, 0.717) is 0 Å². The minimum atomic E-state index is 0.758. The maximum absolute atomic E-state index is 10.3. The summed E-state index contributed by atoms with van der Waals surface area (Å²) in [6.07, 6.45) is 3.20. The van der Waals surface area contributed by atoms with E-state index in [1.165, 1.54) is 16.4 Å². The predicted octanol–water partition coefficient (Wildman–Crippen LogP) is 2.87. The maximum Gasteiger partial charge on any atom is 0.150 e. The van der Waals surface area contributed by atoms with Crippen LogP contribution in [0.1, 0.15) is 22.3 Å². The highest BCUT2D eigenvalue weighted by Crippen LogP contribution is 2.06. The molecular formula is C10H11IO. The molecular weight excluding hydrogens is 263 g/mol. The summed E-state index contributed by atoms with van der Waals surface area (Å²) in [5, 5.41) is 0. The summed E-state index contributed by atoms with van der Waals surface area (Å²) in [6.45, 7) is 0. The van der Waals surface area contributed by atoms with E-state index >= 15 is 0 Å². The van der Waals surface area contributed by atoms with Gasteiger partial charge < -0.3 is 0 Å². The van der Waals surface area contributed by atoms with Gasteiger partial charge in [-0.1, -0.05) is 46.9 Å². The Morgan fingerprint density at radius 2 is 1.92 bits per heavy atom. The Bertz CT molecular complexity index is 241. The van der Waals surface area contributed by atoms with E-state index in [0.717, 1.165) is 18.3 Å². The van der Waals surface area contributed by atoms with Crippen LogP contribution in [0.25, 0.3) is 0 Å². The Morgan fingerprint density at radius 1 is 1.25 bits per heavy atom. The van der Waals surface area contributed by atoms with Crippen molar-refractivity contribution in [2.24, 2.45) is 0 Å². The Morgan fingerprint density at radius 3 is 2.42 bits per heavy atom. The van der Waals surface area contributed by atoms with Gasteiger partial charge in [0.05, 0.1) is 0 Å². The molecule has 0 saturated carbocycles. The molecule has 1 aromatic rings. The first kappa shape index (κ1) is 9.71. The Hall–Kier alpha value is -0.380. The van der Waals surface area contributed by atoms with Crippen molar-refractivity contribution in [1.29, 1.82) is 0 Å². The average molecular weight is 274 g/mol. The van der Waals surface area contributed by atoms with Crippen LogP contribution in [-0.2, 0) is 6.42 Å². The number of carbonyl (C=O) groups is 1. The molecule has 0 saturated heterocycles. The second-order valence-corrected chi connectivity index (χ2v) is 3.73. The zero-order chi connectivity index (χ0) is 8.81. The van der Waals surface area contributed by atoms with Crippen LogP contribution in [-0.4, -0.2) is 10.7 Å². The lowest BCUT2D eigenvalue weighted by Gasteiger charge is -1.98. The van der Waals surface area contributed by atoms with Crippen LogP contribution in [0.3, 0.4) is 0 Å². The molecule has 0 fully saturated rings. The van der Waals surface area contributed by atoms with E-state index in [4.69, 9.17) is 0 Å². The molecule has 0 aliphatic carbocycles. The number of aryl methyl sites for hydroxylation is 1. The normalized spacial score (nSPS) is 9.75. The van der Waals surface area contributed by atoms with Crippen LogP contribution in [0.15, 0.2) is 24.3 Å². The van der Waals surface area contributed by atoms with Gasteiger partial charge in [0.25, 0.3) is 0 Å². The first-order chi connectivity index (χ1) is 5.86. The molecule has 64 valence electrons. The Balaban J connectivity index is 2.58. The van der Waals surface area contributed by atoms with Gasteiger partial charge in [0.15, 0.2) is 0 Å². The van der Waals surface area contributed by atoms with Gasteiger partial charge in [-0.25, -0.2) is 0 Å². The number of benzene rings is 1. The first-order valence-electron chi connectivity index (χ1n) is 3.97. The summed E-state index contributed by atoms with van der Waals surface area (Å²) in [4.78, 5) is 10.3. The predicted molar refractivity (Wildman–Crippen MR) is 59.0 cm³/mol. The van der Waals surface area contributed by atoms with Crippen molar-refractivity contribution in [3.8, 4) is 0 Å². The third-order valence-corrected chi connectivity index (χ3v) is 2.48. The standard InChI is InChI=1S/C10H11IO/c11-7-1-2-9-3-5-10(8-12)6-4-9/h3-6,8H,1-2,7H2. The molecule has 0 aliphatic heterocycles. The lowest BCUT2D eigenvalue weighted by atomic mass is 10.1. The van der Waals surface area contributed by atoms with Gasteiger partial charge in [-0.05, 0) is 22.8 Å². The summed E-state index contributed by atoms with van der Waals surface area (Å²) in [5.74, 6) is 0. The topological polar surface area (TPSA) is 17.1 Å². The van der Waals surface area contributed by atoms with E-state index in [9.17, 15) is 4.79 Å². The van der Waals surface area contributed by atoms with Crippen LogP contribution in [0.4, 0.5) is 0 Å². The molecule has 2 heteroatoms. The molecule has 1 rings (SSSR count). The molecule has 0 aliphatic rings. The highest BCUT2D eigenvalue weighted by Gasteiger charge is 1.92. The minimum absolute atomic E-state index is 0.758. The number of hydrogen-bond acceptors (Lipinski definition) is 1. The van der Waals surface area contributed by atoms with Crippen molar-refractivity contribution >= 4 is 28.9 Å². The van der Waals surface area contributed by atoms with Crippen molar-refractivity contribution < 1.29 is 4.79 Å². The fourth-order valence-electron chi connectivity index (χ4n) is 1.03. The maximum atomic E-state index is 10.3. The van der Waals surface area contributed by atoms with E-state index < -0.39 is 0 Å². The second kappa shape index (κ2) is 5.30. The van der Waals surface area contributed by atoms with E-state index in [1.54, 1.807) is 0 Å². The highest BCUT2D eigenvalue weighted by atomic mass is 127. The second-order valence-electron chi connectivity index (χ2n) is 2.65. The quantitative estimate of drug-likeness (QED) is 0.469. The zero-order valence-corrected chi connectivity index (χ0v) is 8.95. The van der Waals surface area contributed by atoms with Gasteiger partial charge in [-0.3, -0.25) is 4.79 Å². The van der Waals surface area contributed by atoms with Gasteiger partial charge in [0, 0.05) is 5.56 Å². The van der Waals surface area contributed by atoms with Gasteiger partial charge in [0.2, 0.25) is 0 Å². The van der Waals surface area contributed by atoms with Gasteiger partial charge in [-0.2, -0.15) is 0 Å². The zero-order valence-electron chi connectivity index (χ0n) is 6.79. The fourth-order valence-corrected chi connectivity index (χ4v) is 1.42. The molecule has 0 spiro atoms. The largest absolute Gasteiger partial charge is 0.298 e. The van der Waals surface area contributed by atoms with Crippen molar-refractivity contribution in [3.05, 3.63) is 35.4 Å². The van der Waals surface area contributed by atoms with Crippen LogP contribution in [0, 0.1) is 0 Å². The monoisotopic (exact) mass is 274 g/mol. The molecule has 0 heterocycles. The number of alkyl halides is 1. The third kappa shape index (κ3) is 2.93. The SMILES string of the molecule is O=Cc1ccc(CCCI)cc1. The third-order valence-electron chi connectivity index (χ3n) is 1.71. The number of aldehydes is 1. The van der Waals surface area contributed by atoms with Crippen molar-refractivity contribution in [2.45, 2.75) is 12.8 Å². The Labute approximate surface area is 86.3 Å². The number of rotatable bonds is 4. The summed E-state index contributed by atoms with van der Waals surface area (Å²) in [7, 11) is 0. The highest BCUT2D eigenvalue weighted by molar-refractivity contribution is 14.1. The van der Waals surface area contributed by atoms with Crippen molar-refractivity contribution in [1.82, 2.24) is 0 Å². The molecule has 0 amide bonds. The lowest BCUT2D eigenvalue weighted by molar-refractivity contribution is 0.112. The average Bonchev–Trinajstić information content (AvgIpc) is 2.15. The number of carbonyl (C=O) groups excluding carboxylic acids is 1. The number of hydrogen-bond donors (Lipinski definition) is 0. The molecule has 0 aromatic heterocycles. The van der Waals surface area contributed by atoms with Gasteiger partial charge in [0.1, 0.15) is 6.29 Å². The molecule has 0 radical (unpaired) electrons. The molecule has 0 N–H and O–H groups in total. The van der Waals surface area contributed by atoms with Crippen molar-refractivity contribution in [3.63, 3.8) is 0 Å². The smallest absolute Gasteiger partial charge is 0.150 e. The molecule has 0 bridgehead atoms. The molecule has 0 atom stereocenters. The lowest BCUT2D eigenvalue weighted by Crippen LogP contribution is -1.86. The number of halogens is 1. The van der Waals surface area contributed by atoms with Crippen molar-refractivity contribution in [2.75, 3.05) is 4.43 Å². The Kier molecular flexibility index (Phi) is 4.29.